The van der Waals surface area contributed by atoms with Gasteiger partial charge in [-0.05, 0) is 6.92 Å². The first-order chi connectivity index (χ1) is 8.01. The Labute approximate surface area is 103 Å². The van der Waals surface area contributed by atoms with Crippen molar-refractivity contribution in [1.82, 2.24) is 20.6 Å². The smallest absolute Gasteiger partial charge is 0.321 e. The molecule has 1 aromatic heterocycles. The van der Waals surface area contributed by atoms with E-state index in [1.54, 1.807) is 13.0 Å². The van der Waals surface area contributed by atoms with Crippen molar-refractivity contribution in [2.75, 3.05) is 18.5 Å². The molecule has 1 aromatic rings. The van der Waals surface area contributed by atoms with Crippen LogP contribution in [-0.4, -0.2) is 34.7 Å². The highest BCUT2D eigenvalue weighted by molar-refractivity contribution is 7.99. The van der Waals surface area contributed by atoms with Crippen LogP contribution in [0.1, 0.15) is 5.69 Å². The van der Waals surface area contributed by atoms with Crippen LogP contribution in [0.15, 0.2) is 11.2 Å². The molecule has 1 heterocycles. The Bertz CT molecular complexity index is 417. The highest BCUT2D eigenvalue weighted by Crippen LogP contribution is 2.14. The van der Waals surface area contributed by atoms with Crippen molar-refractivity contribution in [3.05, 3.63) is 11.8 Å². The summed E-state index contributed by atoms with van der Waals surface area (Å²) in [6.07, 6.45) is 0. The third-order valence-electron chi connectivity index (χ3n) is 1.67. The number of rotatable bonds is 3. The van der Waals surface area contributed by atoms with Crippen LogP contribution in [0.25, 0.3) is 0 Å². The number of nitrogens with two attached hydrogens (primary N) is 1. The van der Waals surface area contributed by atoms with E-state index in [4.69, 9.17) is 5.73 Å². The van der Waals surface area contributed by atoms with Crippen LogP contribution < -0.4 is 16.4 Å². The summed E-state index contributed by atoms with van der Waals surface area (Å²) in [6.45, 7) is 1.78. The number of anilines is 1. The van der Waals surface area contributed by atoms with Gasteiger partial charge < -0.3 is 11.1 Å². The maximum Gasteiger partial charge on any atom is 0.321 e. The van der Waals surface area contributed by atoms with E-state index < -0.39 is 11.9 Å². The molecule has 0 fully saturated rings. The van der Waals surface area contributed by atoms with Gasteiger partial charge in [-0.25, -0.2) is 14.8 Å². The molecule has 0 saturated heterocycles. The second kappa shape index (κ2) is 6.04. The van der Waals surface area contributed by atoms with Crippen molar-refractivity contribution in [2.24, 2.45) is 0 Å². The topological polar surface area (TPSA) is 110 Å². The molecular formula is C9H13N5O2S. The monoisotopic (exact) mass is 255 g/mol. The van der Waals surface area contributed by atoms with Gasteiger partial charge in [-0.15, -0.1) is 0 Å². The number of thioether (sulfide) groups is 1. The number of carbonyl (C=O) groups is 2. The Morgan fingerprint density at radius 1 is 1.47 bits per heavy atom. The molecule has 7 nitrogen and oxygen atoms in total. The van der Waals surface area contributed by atoms with Crippen molar-refractivity contribution in [3.8, 4) is 0 Å². The van der Waals surface area contributed by atoms with Crippen LogP contribution in [0.3, 0.4) is 0 Å². The van der Waals surface area contributed by atoms with Gasteiger partial charge in [0.1, 0.15) is 5.82 Å². The summed E-state index contributed by atoms with van der Waals surface area (Å²) in [7, 11) is 1.43. The summed E-state index contributed by atoms with van der Waals surface area (Å²) in [4.78, 5) is 30.2. The van der Waals surface area contributed by atoms with Gasteiger partial charge in [0, 0.05) is 18.8 Å². The molecule has 0 aliphatic heterocycles. The van der Waals surface area contributed by atoms with E-state index in [1.807, 2.05) is 0 Å². The van der Waals surface area contributed by atoms with E-state index in [0.29, 0.717) is 11.0 Å². The van der Waals surface area contributed by atoms with Crippen molar-refractivity contribution < 1.29 is 9.59 Å². The zero-order valence-corrected chi connectivity index (χ0v) is 10.3. The lowest BCUT2D eigenvalue weighted by Crippen LogP contribution is -2.38. The van der Waals surface area contributed by atoms with Crippen molar-refractivity contribution in [1.29, 1.82) is 0 Å². The van der Waals surface area contributed by atoms with Gasteiger partial charge in [0.2, 0.25) is 5.91 Å². The maximum absolute atomic E-state index is 11.3. The Morgan fingerprint density at radius 3 is 2.76 bits per heavy atom. The number of urea groups is 1. The first-order valence-corrected chi connectivity index (χ1v) is 5.75. The molecule has 0 aromatic carbocycles. The Balaban J connectivity index is 2.50. The number of aromatic nitrogens is 2. The minimum absolute atomic E-state index is 0.0519. The fraction of sp³-hybridized carbons (Fsp3) is 0.333. The molecule has 1 rings (SSSR count). The Hall–Kier alpha value is -1.83. The lowest BCUT2D eigenvalue weighted by atomic mass is 10.4. The largest absolute Gasteiger partial charge is 0.384 e. The number of hydrogen-bond acceptors (Lipinski definition) is 6. The molecule has 4 N–H and O–H groups in total. The standard InChI is InChI=1S/C9H13N5O2S/c1-5-3-6(10)13-9(12-5)17-4-7(15)14-8(16)11-2/h3H,4H2,1-2H3,(H2,10,12,13)(H2,11,14,15,16). The van der Waals surface area contributed by atoms with E-state index in [0.717, 1.165) is 17.5 Å². The lowest BCUT2D eigenvalue weighted by Gasteiger charge is -2.03. The van der Waals surface area contributed by atoms with Gasteiger partial charge in [-0.1, -0.05) is 11.8 Å². The molecular weight excluding hydrogens is 242 g/mol. The third kappa shape index (κ3) is 4.68. The highest BCUT2D eigenvalue weighted by Gasteiger charge is 2.08. The fourth-order valence-electron chi connectivity index (χ4n) is 0.985. The van der Waals surface area contributed by atoms with E-state index in [-0.39, 0.29) is 5.75 Å². The predicted molar refractivity (Wildman–Crippen MR) is 64.5 cm³/mol. The summed E-state index contributed by atoms with van der Waals surface area (Å²) in [5.41, 5.74) is 6.27. The maximum atomic E-state index is 11.3. The molecule has 0 aliphatic rings. The van der Waals surface area contributed by atoms with Crippen molar-refractivity contribution >= 4 is 29.5 Å². The Kier molecular flexibility index (Phi) is 4.70. The van der Waals surface area contributed by atoms with E-state index in [1.165, 1.54) is 7.05 Å². The predicted octanol–water partition coefficient (Wildman–Crippen LogP) is -0.0851. The minimum Gasteiger partial charge on any atom is -0.384 e. The van der Waals surface area contributed by atoms with Gasteiger partial charge in [0.05, 0.1) is 5.75 Å². The summed E-state index contributed by atoms with van der Waals surface area (Å²) in [5.74, 6) is -0.0132. The molecule has 0 bridgehead atoms. The highest BCUT2D eigenvalue weighted by atomic mass is 32.2. The SMILES string of the molecule is CNC(=O)NC(=O)CSc1nc(C)cc(N)n1. The zero-order chi connectivity index (χ0) is 12.8. The second-order valence-corrected chi connectivity index (χ2v) is 4.08. The number of carbonyl (C=O) groups excluding carboxylic acids is 2. The second-order valence-electron chi connectivity index (χ2n) is 3.13. The number of imide groups is 1. The quantitative estimate of drug-likeness (QED) is 0.514. The van der Waals surface area contributed by atoms with Gasteiger partial charge in [0.25, 0.3) is 0 Å². The average Bonchev–Trinajstić information content (AvgIpc) is 2.25. The van der Waals surface area contributed by atoms with Gasteiger partial charge >= 0.3 is 6.03 Å². The average molecular weight is 255 g/mol. The number of nitrogens with zero attached hydrogens (tertiary/aromatic N) is 2. The first-order valence-electron chi connectivity index (χ1n) is 4.77. The minimum atomic E-state index is -0.541. The molecule has 17 heavy (non-hydrogen) atoms. The molecule has 8 heteroatoms. The summed E-state index contributed by atoms with van der Waals surface area (Å²) in [6, 6.07) is 1.09. The van der Waals surface area contributed by atoms with Gasteiger partial charge in [-0.2, -0.15) is 0 Å². The number of hydrogen-bond donors (Lipinski definition) is 3. The molecule has 0 spiro atoms. The van der Waals surface area contributed by atoms with Crippen LogP contribution in [0.5, 0.6) is 0 Å². The summed E-state index contributed by atoms with van der Waals surface area (Å²) < 4.78 is 0. The Morgan fingerprint density at radius 2 is 2.18 bits per heavy atom. The molecule has 0 radical (unpaired) electrons. The van der Waals surface area contributed by atoms with Gasteiger partial charge in [0.15, 0.2) is 5.16 Å². The molecule has 0 saturated carbocycles. The molecule has 3 amide bonds. The number of nitrogen functional groups attached to an aromatic ring is 1. The lowest BCUT2D eigenvalue weighted by molar-refractivity contribution is -0.117. The first kappa shape index (κ1) is 13.2. The van der Waals surface area contributed by atoms with Crippen molar-refractivity contribution in [3.63, 3.8) is 0 Å². The summed E-state index contributed by atoms with van der Waals surface area (Å²) in [5, 5.41) is 4.82. The van der Waals surface area contributed by atoms with E-state index in [9.17, 15) is 9.59 Å². The van der Waals surface area contributed by atoms with Crippen LogP contribution in [0, 0.1) is 6.92 Å². The number of amides is 3. The number of nitrogens with one attached hydrogen (secondary N) is 2. The normalized spacial score (nSPS) is 9.76. The summed E-state index contributed by atoms with van der Waals surface area (Å²) >= 11 is 1.12. The third-order valence-corrected chi connectivity index (χ3v) is 2.51. The fourth-order valence-corrected chi connectivity index (χ4v) is 1.70. The van der Waals surface area contributed by atoms with E-state index in [2.05, 4.69) is 20.6 Å². The molecule has 0 atom stereocenters. The van der Waals surface area contributed by atoms with Crippen LogP contribution >= 0.6 is 11.8 Å². The van der Waals surface area contributed by atoms with Crippen LogP contribution in [-0.2, 0) is 4.79 Å². The van der Waals surface area contributed by atoms with Crippen LogP contribution in [0.4, 0.5) is 10.6 Å². The van der Waals surface area contributed by atoms with Crippen LogP contribution in [0.2, 0.25) is 0 Å². The van der Waals surface area contributed by atoms with E-state index >= 15 is 0 Å². The molecule has 0 unspecified atom stereocenters. The molecule has 0 aliphatic carbocycles. The molecule has 92 valence electrons. The van der Waals surface area contributed by atoms with Gasteiger partial charge in [-0.3, -0.25) is 10.1 Å². The van der Waals surface area contributed by atoms with Crippen molar-refractivity contribution in [2.45, 2.75) is 12.1 Å². The number of aryl methyl sites for hydroxylation is 1. The zero-order valence-electron chi connectivity index (χ0n) is 9.48.